The molecule has 0 radical (unpaired) electrons. The van der Waals surface area contributed by atoms with Crippen LogP contribution in [-0.4, -0.2) is 15.9 Å². The number of aryl methyl sites for hydroxylation is 1. The van der Waals surface area contributed by atoms with Gasteiger partial charge in [0.15, 0.2) is 11.4 Å². The van der Waals surface area contributed by atoms with Gasteiger partial charge >= 0.3 is 0 Å². The number of hydrogen-bond acceptors (Lipinski definition) is 4. The lowest BCUT2D eigenvalue weighted by molar-refractivity contribution is -0.141. The van der Waals surface area contributed by atoms with E-state index in [1.807, 2.05) is 6.92 Å². The third kappa shape index (κ3) is 1.48. The van der Waals surface area contributed by atoms with Crippen molar-refractivity contribution in [1.82, 2.24) is 4.98 Å². The van der Waals surface area contributed by atoms with Crippen LogP contribution in [0.1, 0.15) is 35.6 Å². The van der Waals surface area contributed by atoms with Crippen LogP contribution in [0.5, 0.6) is 0 Å². The SMILES string of the molecule is Cc1ncc(C2(O)CCCCC2=O)s1. The van der Waals surface area contributed by atoms with Crippen LogP contribution in [0.15, 0.2) is 6.20 Å². The van der Waals surface area contributed by atoms with Crippen LogP contribution < -0.4 is 0 Å². The second kappa shape index (κ2) is 3.44. The number of hydrogen-bond donors (Lipinski definition) is 1. The van der Waals surface area contributed by atoms with Gasteiger partial charge in [0.05, 0.1) is 9.88 Å². The third-order valence-corrected chi connectivity index (χ3v) is 3.75. The Balaban J connectivity index is 2.34. The lowest BCUT2D eigenvalue weighted by Gasteiger charge is -2.28. The molecule has 0 aromatic carbocycles. The average Bonchev–Trinajstić information content (AvgIpc) is 2.58. The zero-order chi connectivity index (χ0) is 10.2. The van der Waals surface area contributed by atoms with Gasteiger partial charge < -0.3 is 5.11 Å². The first-order valence-electron chi connectivity index (χ1n) is 4.81. The van der Waals surface area contributed by atoms with Crippen LogP contribution >= 0.6 is 11.3 Å². The Labute approximate surface area is 86.8 Å². The predicted molar refractivity (Wildman–Crippen MR) is 54.2 cm³/mol. The largest absolute Gasteiger partial charge is 0.376 e. The summed E-state index contributed by atoms with van der Waals surface area (Å²) < 4.78 is 0. The molecule has 14 heavy (non-hydrogen) atoms. The predicted octanol–water partition coefficient (Wildman–Crippen LogP) is 1.78. The molecule has 1 atom stereocenters. The molecule has 1 N–H and O–H groups in total. The molecule has 4 heteroatoms. The monoisotopic (exact) mass is 211 g/mol. The Morgan fingerprint density at radius 2 is 2.36 bits per heavy atom. The molecule has 1 aromatic rings. The van der Waals surface area contributed by atoms with E-state index in [0.717, 1.165) is 17.8 Å². The number of aromatic nitrogens is 1. The summed E-state index contributed by atoms with van der Waals surface area (Å²) in [4.78, 5) is 16.4. The molecule has 2 rings (SSSR count). The molecule has 1 aliphatic rings. The standard InChI is InChI=1S/C10H13NO2S/c1-7-11-6-9(14-7)10(13)5-3-2-4-8(10)12/h6,13H,2-5H2,1H3. The molecule has 0 aliphatic heterocycles. The minimum Gasteiger partial charge on any atom is -0.376 e. The molecule has 3 nitrogen and oxygen atoms in total. The van der Waals surface area contributed by atoms with E-state index >= 15 is 0 Å². The van der Waals surface area contributed by atoms with Gasteiger partial charge in [-0.1, -0.05) is 0 Å². The van der Waals surface area contributed by atoms with Gasteiger partial charge in [0.25, 0.3) is 0 Å². The third-order valence-electron chi connectivity index (χ3n) is 2.68. The van der Waals surface area contributed by atoms with Crippen LogP contribution in [0, 0.1) is 6.92 Å². The van der Waals surface area contributed by atoms with Crippen LogP contribution in [-0.2, 0) is 10.4 Å². The van der Waals surface area contributed by atoms with E-state index in [-0.39, 0.29) is 5.78 Å². The van der Waals surface area contributed by atoms with Gasteiger partial charge in [0.2, 0.25) is 0 Å². The Hall–Kier alpha value is -0.740. The first-order chi connectivity index (χ1) is 6.63. The number of Topliss-reactive ketones (excluding diaryl/α,β-unsaturated/α-hetero) is 1. The molecule has 0 amide bonds. The Bertz CT molecular complexity index is 361. The minimum atomic E-state index is -1.23. The lowest BCUT2D eigenvalue weighted by atomic mass is 9.83. The molecule has 1 aliphatic carbocycles. The maximum atomic E-state index is 11.7. The number of aliphatic hydroxyl groups is 1. The van der Waals surface area contributed by atoms with Crippen molar-refractivity contribution in [2.75, 3.05) is 0 Å². The quantitative estimate of drug-likeness (QED) is 0.770. The first-order valence-corrected chi connectivity index (χ1v) is 5.63. The molecule has 0 saturated heterocycles. The summed E-state index contributed by atoms with van der Waals surface area (Å²) >= 11 is 1.41. The summed E-state index contributed by atoms with van der Waals surface area (Å²) in [5, 5.41) is 11.1. The normalized spacial score (nSPS) is 28.0. The van der Waals surface area contributed by atoms with Crippen LogP contribution in [0.2, 0.25) is 0 Å². The maximum Gasteiger partial charge on any atom is 0.169 e. The number of nitrogens with zero attached hydrogens (tertiary/aromatic N) is 1. The summed E-state index contributed by atoms with van der Waals surface area (Å²) in [6.45, 7) is 1.88. The molecule has 1 unspecified atom stereocenters. The van der Waals surface area contributed by atoms with Crippen molar-refractivity contribution in [1.29, 1.82) is 0 Å². The highest BCUT2D eigenvalue weighted by atomic mass is 32.1. The highest BCUT2D eigenvalue weighted by molar-refractivity contribution is 7.11. The van der Waals surface area contributed by atoms with Crippen molar-refractivity contribution in [2.45, 2.75) is 38.2 Å². The lowest BCUT2D eigenvalue weighted by Crippen LogP contribution is -2.37. The summed E-state index contributed by atoms with van der Waals surface area (Å²) in [6.07, 6.45) is 4.49. The summed E-state index contributed by atoms with van der Waals surface area (Å²) in [7, 11) is 0. The van der Waals surface area contributed by atoms with Crippen molar-refractivity contribution < 1.29 is 9.90 Å². The Kier molecular flexibility index (Phi) is 2.41. The molecule has 1 aromatic heterocycles. The molecule has 1 saturated carbocycles. The molecule has 0 bridgehead atoms. The van der Waals surface area contributed by atoms with Gasteiger partial charge in [-0.15, -0.1) is 11.3 Å². The van der Waals surface area contributed by atoms with E-state index in [0.29, 0.717) is 17.7 Å². The van der Waals surface area contributed by atoms with Crippen molar-refractivity contribution in [3.63, 3.8) is 0 Å². The van der Waals surface area contributed by atoms with Gasteiger partial charge in [-0.25, -0.2) is 4.98 Å². The molecular formula is C10H13NO2S. The molecule has 1 heterocycles. The maximum absolute atomic E-state index is 11.7. The summed E-state index contributed by atoms with van der Waals surface area (Å²) in [6, 6.07) is 0. The summed E-state index contributed by atoms with van der Waals surface area (Å²) in [5.41, 5.74) is -1.23. The fourth-order valence-corrected chi connectivity index (χ4v) is 2.74. The number of ketones is 1. The van der Waals surface area contributed by atoms with E-state index in [4.69, 9.17) is 0 Å². The van der Waals surface area contributed by atoms with Crippen LogP contribution in [0.3, 0.4) is 0 Å². The highest BCUT2D eigenvalue weighted by Gasteiger charge is 2.40. The number of rotatable bonds is 1. The van der Waals surface area contributed by atoms with Crippen molar-refractivity contribution in [3.8, 4) is 0 Å². The van der Waals surface area contributed by atoms with Crippen molar-refractivity contribution >= 4 is 17.1 Å². The van der Waals surface area contributed by atoms with E-state index < -0.39 is 5.60 Å². The molecule has 0 spiro atoms. The van der Waals surface area contributed by atoms with Gasteiger partial charge in [0, 0.05) is 12.6 Å². The van der Waals surface area contributed by atoms with Crippen molar-refractivity contribution in [3.05, 3.63) is 16.1 Å². The van der Waals surface area contributed by atoms with E-state index in [1.54, 1.807) is 6.20 Å². The van der Waals surface area contributed by atoms with Gasteiger partial charge in [-0.2, -0.15) is 0 Å². The van der Waals surface area contributed by atoms with Crippen LogP contribution in [0.4, 0.5) is 0 Å². The molecule has 76 valence electrons. The topological polar surface area (TPSA) is 50.2 Å². The van der Waals surface area contributed by atoms with E-state index in [1.165, 1.54) is 11.3 Å². The fraction of sp³-hybridized carbons (Fsp3) is 0.600. The zero-order valence-corrected chi connectivity index (χ0v) is 8.93. The van der Waals surface area contributed by atoms with E-state index in [9.17, 15) is 9.90 Å². The smallest absolute Gasteiger partial charge is 0.169 e. The Morgan fingerprint density at radius 1 is 1.57 bits per heavy atom. The molecule has 1 fully saturated rings. The average molecular weight is 211 g/mol. The van der Waals surface area contributed by atoms with E-state index in [2.05, 4.69) is 4.98 Å². The Morgan fingerprint density at radius 3 is 2.93 bits per heavy atom. The van der Waals surface area contributed by atoms with Gasteiger partial charge in [0.1, 0.15) is 0 Å². The second-order valence-electron chi connectivity index (χ2n) is 3.73. The first kappa shape index (κ1) is 9.80. The number of carbonyl (C=O) groups is 1. The van der Waals surface area contributed by atoms with Crippen molar-refractivity contribution in [2.24, 2.45) is 0 Å². The number of carbonyl (C=O) groups excluding carboxylic acids is 1. The number of thiazole rings is 1. The zero-order valence-electron chi connectivity index (χ0n) is 8.12. The minimum absolute atomic E-state index is 0.0487. The van der Waals surface area contributed by atoms with Gasteiger partial charge in [-0.05, 0) is 26.2 Å². The van der Waals surface area contributed by atoms with Gasteiger partial charge in [-0.3, -0.25) is 4.79 Å². The fourth-order valence-electron chi connectivity index (χ4n) is 1.83. The second-order valence-corrected chi connectivity index (χ2v) is 4.97. The highest BCUT2D eigenvalue weighted by Crippen LogP contribution is 2.36. The molecular weight excluding hydrogens is 198 g/mol. The summed E-state index contributed by atoms with van der Waals surface area (Å²) in [5.74, 6) is -0.0487. The van der Waals surface area contributed by atoms with Crippen LogP contribution in [0.25, 0.3) is 0 Å².